The second kappa shape index (κ2) is 7.06. The number of rotatable bonds is 7. The lowest BCUT2D eigenvalue weighted by Gasteiger charge is -2.25. The minimum absolute atomic E-state index is 0.0637. The number of carbonyl (C=O) groups excluding carboxylic acids is 1. The van der Waals surface area contributed by atoms with E-state index in [1.165, 1.54) is 0 Å². The zero-order valence-corrected chi connectivity index (χ0v) is 12.4. The van der Waals surface area contributed by atoms with Crippen LogP contribution in [0.4, 0.5) is 0 Å². The molecule has 18 heavy (non-hydrogen) atoms. The van der Waals surface area contributed by atoms with Gasteiger partial charge in [-0.1, -0.05) is 20.8 Å². The molecule has 6 nitrogen and oxygen atoms in total. The number of hydrogen-bond acceptors (Lipinski definition) is 4. The quantitative estimate of drug-likeness (QED) is 0.562. The van der Waals surface area contributed by atoms with Crippen molar-refractivity contribution in [3.8, 4) is 0 Å². The molecule has 0 spiro atoms. The van der Waals surface area contributed by atoms with Crippen molar-refractivity contribution in [1.29, 1.82) is 0 Å². The van der Waals surface area contributed by atoms with Crippen LogP contribution in [0.3, 0.4) is 0 Å². The number of carbonyl (C=O) groups is 1. The summed E-state index contributed by atoms with van der Waals surface area (Å²) in [5.41, 5.74) is 5.49. The highest BCUT2D eigenvalue weighted by molar-refractivity contribution is 7.89. The highest BCUT2D eigenvalue weighted by atomic mass is 32.2. The molecule has 0 aromatic heterocycles. The predicted molar refractivity (Wildman–Crippen MR) is 72.5 cm³/mol. The maximum Gasteiger partial charge on any atom is 0.237 e. The maximum atomic E-state index is 11.6. The molecule has 0 saturated carbocycles. The van der Waals surface area contributed by atoms with Gasteiger partial charge >= 0.3 is 0 Å². The largest absolute Gasteiger partial charge is 0.355 e. The molecule has 0 rings (SSSR count). The number of nitrogens with two attached hydrogens (primary N) is 1. The van der Waals surface area contributed by atoms with Crippen LogP contribution in [0.1, 0.15) is 34.1 Å². The van der Waals surface area contributed by atoms with E-state index < -0.39 is 16.1 Å². The van der Waals surface area contributed by atoms with Gasteiger partial charge in [-0.2, -0.15) is 0 Å². The molecule has 0 aliphatic rings. The number of nitrogens with one attached hydrogen (secondary N) is 2. The SMILES string of the molecule is CCS(=O)(=O)NCCCNC(=O)[C@@H](N)C(C)(C)C. The fourth-order valence-corrected chi connectivity index (χ4v) is 1.79. The molecule has 0 heterocycles. The molecule has 1 atom stereocenters. The lowest BCUT2D eigenvalue weighted by Crippen LogP contribution is -2.49. The van der Waals surface area contributed by atoms with Crippen molar-refractivity contribution >= 4 is 15.9 Å². The summed E-state index contributed by atoms with van der Waals surface area (Å²) < 4.78 is 24.7. The van der Waals surface area contributed by atoms with Crippen LogP contribution in [0, 0.1) is 5.41 Å². The lowest BCUT2D eigenvalue weighted by molar-refractivity contribution is -0.124. The summed E-state index contributed by atoms with van der Waals surface area (Å²) in [4.78, 5) is 11.6. The van der Waals surface area contributed by atoms with Gasteiger partial charge in [-0.15, -0.1) is 0 Å². The summed E-state index contributed by atoms with van der Waals surface area (Å²) in [6.45, 7) is 7.99. The van der Waals surface area contributed by atoms with Gasteiger partial charge in [0.2, 0.25) is 15.9 Å². The highest BCUT2D eigenvalue weighted by Gasteiger charge is 2.26. The molecular formula is C11H25N3O3S. The van der Waals surface area contributed by atoms with Crippen molar-refractivity contribution in [3.05, 3.63) is 0 Å². The van der Waals surface area contributed by atoms with Gasteiger partial charge in [0.15, 0.2) is 0 Å². The molecule has 4 N–H and O–H groups in total. The van der Waals surface area contributed by atoms with Crippen LogP contribution < -0.4 is 15.8 Å². The zero-order chi connectivity index (χ0) is 14.4. The van der Waals surface area contributed by atoms with Gasteiger partial charge < -0.3 is 11.1 Å². The van der Waals surface area contributed by atoms with Gasteiger partial charge in [0, 0.05) is 13.1 Å². The Bertz CT molecular complexity index is 360. The van der Waals surface area contributed by atoms with Crippen molar-refractivity contribution in [2.75, 3.05) is 18.8 Å². The molecule has 0 aromatic carbocycles. The van der Waals surface area contributed by atoms with Crippen molar-refractivity contribution in [2.45, 2.75) is 40.2 Å². The van der Waals surface area contributed by atoms with Crippen LogP contribution in [-0.4, -0.2) is 39.2 Å². The number of hydrogen-bond donors (Lipinski definition) is 3. The molecular weight excluding hydrogens is 254 g/mol. The molecule has 0 unspecified atom stereocenters. The summed E-state index contributed by atoms with van der Waals surface area (Å²) in [6, 6.07) is -0.565. The molecule has 0 aliphatic carbocycles. The third-order valence-corrected chi connectivity index (χ3v) is 3.97. The van der Waals surface area contributed by atoms with E-state index >= 15 is 0 Å². The van der Waals surface area contributed by atoms with Gasteiger partial charge in [-0.05, 0) is 18.8 Å². The minimum atomic E-state index is -3.15. The highest BCUT2D eigenvalue weighted by Crippen LogP contribution is 2.16. The topological polar surface area (TPSA) is 101 Å². The van der Waals surface area contributed by atoms with Crippen LogP contribution in [0.2, 0.25) is 0 Å². The molecule has 0 bridgehead atoms. The maximum absolute atomic E-state index is 11.6. The Labute approximate surface area is 110 Å². The van der Waals surface area contributed by atoms with E-state index in [1.807, 2.05) is 20.8 Å². The smallest absolute Gasteiger partial charge is 0.237 e. The Balaban J connectivity index is 3.84. The van der Waals surface area contributed by atoms with E-state index in [0.717, 1.165) is 0 Å². The van der Waals surface area contributed by atoms with Crippen molar-refractivity contribution in [3.63, 3.8) is 0 Å². The van der Waals surface area contributed by atoms with Gasteiger partial charge in [0.1, 0.15) is 0 Å². The second-order valence-electron chi connectivity index (χ2n) is 5.29. The standard InChI is InChI=1S/C11H25N3O3S/c1-5-18(16,17)14-8-6-7-13-10(15)9(12)11(2,3)4/h9,14H,5-8,12H2,1-4H3,(H,13,15)/t9-/m1/s1. The molecule has 0 saturated heterocycles. The molecule has 0 aliphatic heterocycles. The van der Waals surface area contributed by atoms with Crippen LogP contribution in [0.15, 0.2) is 0 Å². The summed E-state index contributed by atoms with van der Waals surface area (Å²) >= 11 is 0. The Morgan fingerprint density at radius 3 is 2.28 bits per heavy atom. The first-order valence-corrected chi connectivity index (χ1v) is 7.76. The van der Waals surface area contributed by atoms with Crippen LogP contribution >= 0.6 is 0 Å². The summed E-state index contributed by atoms with van der Waals surface area (Å²) in [5, 5.41) is 2.69. The van der Waals surface area contributed by atoms with E-state index in [1.54, 1.807) is 6.92 Å². The fourth-order valence-electron chi connectivity index (χ4n) is 1.13. The first-order chi connectivity index (χ1) is 8.10. The van der Waals surface area contributed by atoms with Crippen LogP contribution in [-0.2, 0) is 14.8 Å². The van der Waals surface area contributed by atoms with Gasteiger partial charge in [0.05, 0.1) is 11.8 Å². The second-order valence-corrected chi connectivity index (χ2v) is 7.38. The molecule has 1 amide bonds. The van der Waals surface area contributed by atoms with E-state index in [0.29, 0.717) is 19.5 Å². The monoisotopic (exact) mass is 279 g/mol. The summed E-state index contributed by atoms with van der Waals surface area (Å²) in [5.74, 6) is -0.144. The average molecular weight is 279 g/mol. The normalized spacial score (nSPS) is 14.3. The Morgan fingerprint density at radius 2 is 1.83 bits per heavy atom. The molecule has 7 heteroatoms. The molecule has 0 aromatic rings. The van der Waals surface area contributed by atoms with Crippen molar-refractivity contribution < 1.29 is 13.2 Å². The fraction of sp³-hybridized carbons (Fsp3) is 0.909. The lowest BCUT2D eigenvalue weighted by atomic mass is 9.87. The van der Waals surface area contributed by atoms with Gasteiger partial charge in [-0.3, -0.25) is 4.79 Å². The van der Waals surface area contributed by atoms with Gasteiger partial charge in [0.25, 0.3) is 0 Å². The van der Waals surface area contributed by atoms with Crippen molar-refractivity contribution in [2.24, 2.45) is 11.1 Å². The Kier molecular flexibility index (Phi) is 6.80. The Morgan fingerprint density at radius 1 is 1.28 bits per heavy atom. The van der Waals surface area contributed by atoms with Crippen LogP contribution in [0.5, 0.6) is 0 Å². The summed E-state index contributed by atoms with van der Waals surface area (Å²) in [6.07, 6.45) is 0.543. The average Bonchev–Trinajstić information content (AvgIpc) is 2.26. The van der Waals surface area contributed by atoms with Crippen LogP contribution in [0.25, 0.3) is 0 Å². The van der Waals surface area contributed by atoms with Crippen molar-refractivity contribution in [1.82, 2.24) is 10.0 Å². The first kappa shape index (κ1) is 17.3. The third kappa shape index (κ3) is 6.93. The molecule has 0 radical (unpaired) electrons. The predicted octanol–water partition coefficient (Wildman–Crippen LogP) is -0.195. The van der Waals surface area contributed by atoms with E-state index in [-0.39, 0.29) is 17.1 Å². The minimum Gasteiger partial charge on any atom is -0.355 e. The van der Waals surface area contributed by atoms with Gasteiger partial charge in [-0.25, -0.2) is 13.1 Å². The first-order valence-electron chi connectivity index (χ1n) is 6.11. The third-order valence-electron chi connectivity index (χ3n) is 2.57. The molecule has 0 fully saturated rings. The van der Waals surface area contributed by atoms with E-state index in [2.05, 4.69) is 10.0 Å². The van der Waals surface area contributed by atoms with E-state index in [4.69, 9.17) is 5.73 Å². The van der Waals surface area contributed by atoms with E-state index in [9.17, 15) is 13.2 Å². The summed E-state index contributed by atoms with van der Waals surface area (Å²) in [7, 11) is -3.15. The number of sulfonamides is 1. The molecule has 108 valence electrons. The number of amides is 1. The Hall–Kier alpha value is -0.660. The zero-order valence-electron chi connectivity index (χ0n) is 11.6.